The van der Waals surface area contributed by atoms with E-state index in [1.54, 1.807) is 5.38 Å². The van der Waals surface area contributed by atoms with E-state index in [1.165, 1.54) is 44.6 Å². The van der Waals surface area contributed by atoms with Crippen LogP contribution < -0.4 is 4.72 Å². The number of nitrogens with one attached hydrogen (secondary N) is 1. The molecule has 2 rings (SSSR count). The molecule has 1 aromatic carbocycles. The van der Waals surface area contributed by atoms with Crippen LogP contribution in [0.2, 0.25) is 0 Å². The third-order valence-electron chi connectivity index (χ3n) is 2.57. The van der Waals surface area contributed by atoms with Gasteiger partial charge in [0, 0.05) is 25.7 Å². The topological polar surface area (TPSA) is 96.4 Å². The van der Waals surface area contributed by atoms with E-state index >= 15 is 0 Å². The normalized spacial score (nSPS) is 12.5. The summed E-state index contributed by atoms with van der Waals surface area (Å²) in [7, 11) is -4.54. The van der Waals surface area contributed by atoms with Crippen molar-refractivity contribution in [2.75, 3.05) is 18.8 Å². The van der Waals surface area contributed by atoms with Crippen molar-refractivity contribution < 1.29 is 16.8 Å². The Labute approximate surface area is 127 Å². The van der Waals surface area contributed by atoms with Crippen LogP contribution in [0.25, 0.3) is 0 Å². The van der Waals surface area contributed by atoms with Crippen LogP contribution in [0.4, 0.5) is 5.13 Å². The molecule has 0 saturated heterocycles. The van der Waals surface area contributed by atoms with Crippen molar-refractivity contribution in [3.8, 4) is 0 Å². The molecule has 1 N–H and O–H groups in total. The van der Waals surface area contributed by atoms with Gasteiger partial charge in [0.2, 0.25) is 10.0 Å². The zero-order valence-corrected chi connectivity index (χ0v) is 13.7. The first-order valence-electron chi connectivity index (χ1n) is 5.68. The van der Waals surface area contributed by atoms with Crippen molar-refractivity contribution in [3.63, 3.8) is 0 Å². The fourth-order valence-corrected chi connectivity index (χ4v) is 4.14. The van der Waals surface area contributed by atoms with Crippen LogP contribution in [0, 0.1) is 0 Å². The highest BCUT2D eigenvalue weighted by Gasteiger charge is 2.20. The molecule has 0 fully saturated rings. The van der Waals surface area contributed by atoms with E-state index in [9.17, 15) is 16.8 Å². The van der Waals surface area contributed by atoms with Gasteiger partial charge in [0.15, 0.2) is 5.13 Å². The molecule has 0 aliphatic rings. The van der Waals surface area contributed by atoms with Crippen LogP contribution in [0.3, 0.4) is 0 Å². The molecule has 0 radical (unpaired) electrons. The molecule has 2 aromatic rings. The van der Waals surface area contributed by atoms with Crippen LogP contribution in [0.15, 0.2) is 45.6 Å². The first-order valence-corrected chi connectivity index (χ1v) is 9.49. The zero-order chi connectivity index (χ0) is 15.7. The van der Waals surface area contributed by atoms with Gasteiger partial charge in [-0.2, -0.15) is 0 Å². The number of thiazole rings is 1. The third-order valence-corrected chi connectivity index (χ3v) is 6.57. The number of hydrogen-bond donors (Lipinski definition) is 1. The second-order valence-electron chi connectivity index (χ2n) is 4.20. The minimum Gasteiger partial charge on any atom is -0.255 e. The number of hydrogen-bond acceptors (Lipinski definition) is 6. The van der Waals surface area contributed by atoms with Gasteiger partial charge in [-0.25, -0.2) is 26.1 Å². The van der Waals surface area contributed by atoms with E-state index in [2.05, 4.69) is 9.71 Å². The number of anilines is 1. The molecule has 0 aliphatic carbocycles. The molecular weight excluding hydrogens is 334 g/mol. The second-order valence-corrected chi connectivity index (χ2v) is 8.93. The summed E-state index contributed by atoms with van der Waals surface area (Å²) >= 11 is 1.15. The van der Waals surface area contributed by atoms with Crippen molar-refractivity contribution in [1.29, 1.82) is 0 Å². The minimum absolute atomic E-state index is 0.0284. The number of rotatable bonds is 5. The summed E-state index contributed by atoms with van der Waals surface area (Å²) in [6, 6.07) is 5.00. The van der Waals surface area contributed by atoms with Gasteiger partial charge in [-0.1, -0.05) is 0 Å². The van der Waals surface area contributed by atoms with E-state index in [4.69, 9.17) is 0 Å². The van der Waals surface area contributed by atoms with Crippen molar-refractivity contribution in [2.45, 2.75) is 9.79 Å². The molecule has 114 valence electrons. The quantitative estimate of drug-likeness (QED) is 0.876. The van der Waals surface area contributed by atoms with E-state index in [1.807, 2.05) is 0 Å². The first kappa shape index (κ1) is 15.9. The average Bonchev–Trinajstić information content (AvgIpc) is 2.91. The lowest BCUT2D eigenvalue weighted by Gasteiger charge is -2.11. The molecule has 1 heterocycles. The summed E-state index contributed by atoms with van der Waals surface area (Å²) in [6.45, 7) is 0. The lowest BCUT2D eigenvalue weighted by atomic mass is 10.4. The summed E-state index contributed by atoms with van der Waals surface area (Å²) in [5, 5.41) is 1.89. The van der Waals surface area contributed by atoms with Gasteiger partial charge in [-0.05, 0) is 24.3 Å². The maximum absolute atomic E-state index is 12.1. The molecule has 1 aromatic heterocycles. The number of aromatic nitrogens is 1. The molecule has 10 heteroatoms. The van der Waals surface area contributed by atoms with Gasteiger partial charge in [-0.15, -0.1) is 11.3 Å². The predicted octanol–water partition coefficient (Wildman–Crippen LogP) is 1.19. The lowest BCUT2D eigenvalue weighted by Crippen LogP contribution is -2.22. The summed E-state index contributed by atoms with van der Waals surface area (Å²) in [5.41, 5.74) is 0. The highest BCUT2D eigenvalue weighted by atomic mass is 32.2. The van der Waals surface area contributed by atoms with Crippen LogP contribution >= 0.6 is 11.3 Å². The molecular formula is C11H13N3O4S3. The van der Waals surface area contributed by atoms with Crippen LogP contribution in [-0.4, -0.2) is 40.2 Å². The Morgan fingerprint density at radius 3 is 2.10 bits per heavy atom. The van der Waals surface area contributed by atoms with Crippen molar-refractivity contribution in [1.82, 2.24) is 9.29 Å². The maximum Gasteiger partial charge on any atom is 0.263 e. The smallest absolute Gasteiger partial charge is 0.255 e. The summed E-state index contributed by atoms with van der Waals surface area (Å²) in [4.78, 5) is 3.83. The maximum atomic E-state index is 12.1. The highest BCUT2D eigenvalue weighted by Crippen LogP contribution is 2.20. The molecule has 21 heavy (non-hydrogen) atoms. The van der Waals surface area contributed by atoms with Crippen molar-refractivity contribution in [3.05, 3.63) is 35.8 Å². The van der Waals surface area contributed by atoms with Gasteiger partial charge in [0.25, 0.3) is 10.0 Å². The van der Waals surface area contributed by atoms with Gasteiger partial charge in [0.05, 0.1) is 9.79 Å². The Bertz CT molecular complexity index is 810. The largest absolute Gasteiger partial charge is 0.263 e. The summed E-state index contributed by atoms with van der Waals surface area (Å²) < 4.78 is 51.4. The Morgan fingerprint density at radius 1 is 1.05 bits per heavy atom. The third kappa shape index (κ3) is 3.40. The van der Waals surface area contributed by atoms with E-state index in [0.717, 1.165) is 15.6 Å². The van der Waals surface area contributed by atoms with E-state index in [-0.39, 0.29) is 14.9 Å². The fraction of sp³-hybridized carbons (Fsp3) is 0.182. The van der Waals surface area contributed by atoms with Crippen LogP contribution in [0.1, 0.15) is 0 Å². The molecule has 0 bridgehead atoms. The Morgan fingerprint density at radius 2 is 1.62 bits per heavy atom. The predicted molar refractivity (Wildman–Crippen MR) is 80.2 cm³/mol. The first-order chi connectivity index (χ1) is 9.73. The summed E-state index contributed by atoms with van der Waals surface area (Å²) in [5.74, 6) is 0. The Balaban J connectivity index is 2.31. The van der Waals surface area contributed by atoms with E-state index in [0.29, 0.717) is 0 Å². The van der Waals surface area contributed by atoms with Gasteiger partial charge in [0.1, 0.15) is 0 Å². The molecule has 0 aliphatic heterocycles. The van der Waals surface area contributed by atoms with Gasteiger partial charge >= 0.3 is 0 Å². The number of sulfonamides is 2. The van der Waals surface area contributed by atoms with Crippen LogP contribution in [0.5, 0.6) is 0 Å². The number of benzene rings is 1. The Hall–Kier alpha value is -1.49. The second kappa shape index (κ2) is 5.72. The minimum atomic E-state index is -3.78. The van der Waals surface area contributed by atoms with Gasteiger partial charge in [-0.3, -0.25) is 4.72 Å². The monoisotopic (exact) mass is 347 g/mol. The van der Waals surface area contributed by atoms with Crippen molar-refractivity contribution >= 4 is 36.5 Å². The summed E-state index contributed by atoms with van der Waals surface area (Å²) in [6.07, 6.45) is 1.48. The molecule has 0 saturated carbocycles. The lowest BCUT2D eigenvalue weighted by molar-refractivity contribution is 0.520. The number of nitrogens with zero attached hydrogens (tertiary/aromatic N) is 2. The fourth-order valence-electron chi connectivity index (χ4n) is 1.45. The molecule has 0 atom stereocenters. The molecule has 7 nitrogen and oxygen atoms in total. The van der Waals surface area contributed by atoms with Crippen LogP contribution in [-0.2, 0) is 20.0 Å². The molecule has 0 unspecified atom stereocenters. The molecule has 0 amide bonds. The highest BCUT2D eigenvalue weighted by molar-refractivity contribution is 7.93. The van der Waals surface area contributed by atoms with Gasteiger partial charge < -0.3 is 0 Å². The SMILES string of the molecule is CN(C)S(=O)(=O)c1ccc(S(=O)(=O)Nc2nccs2)cc1. The van der Waals surface area contributed by atoms with Crippen molar-refractivity contribution in [2.24, 2.45) is 0 Å². The average molecular weight is 347 g/mol. The zero-order valence-electron chi connectivity index (χ0n) is 11.2. The molecule has 0 spiro atoms. The van der Waals surface area contributed by atoms with E-state index < -0.39 is 20.0 Å². The standard InChI is InChI=1S/C11H13N3O4S3/c1-14(2)21(17,18)10-5-3-9(4-6-10)20(15,16)13-11-12-7-8-19-11/h3-8H,1-2H3,(H,12,13). The Kier molecular flexibility index (Phi) is 4.33.